The summed E-state index contributed by atoms with van der Waals surface area (Å²) in [5.74, 6) is 0.979. The molecule has 0 N–H and O–H groups in total. The number of rotatable bonds is 5. The van der Waals surface area contributed by atoms with E-state index in [4.69, 9.17) is 0 Å². The highest BCUT2D eigenvalue weighted by molar-refractivity contribution is 7.99. The number of hydrogen-bond donors (Lipinski definition) is 0. The van der Waals surface area contributed by atoms with Gasteiger partial charge in [-0.15, -0.1) is 0 Å². The monoisotopic (exact) mass is 421 g/mol. The number of benzene rings is 2. The van der Waals surface area contributed by atoms with Crippen LogP contribution in [0.2, 0.25) is 0 Å². The number of carbonyl (C=O) groups excluding carboxylic acids is 1. The zero-order valence-corrected chi connectivity index (χ0v) is 18.1. The minimum atomic E-state index is -0.165. The Morgan fingerprint density at radius 2 is 1.80 bits per heavy atom. The Labute approximate surface area is 181 Å². The molecule has 0 saturated carbocycles. The number of fused-ring (bicyclic) bond motifs is 1. The van der Waals surface area contributed by atoms with E-state index in [2.05, 4.69) is 12.0 Å². The van der Waals surface area contributed by atoms with Crippen LogP contribution in [0.5, 0.6) is 0 Å². The maximum atomic E-state index is 13.6. The Kier molecular flexibility index (Phi) is 6.53. The van der Waals surface area contributed by atoms with Crippen molar-refractivity contribution in [2.75, 3.05) is 18.8 Å². The first-order chi connectivity index (χ1) is 14.7. The van der Waals surface area contributed by atoms with Gasteiger partial charge in [-0.25, -0.2) is 4.68 Å². The van der Waals surface area contributed by atoms with Crippen molar-refractivity contribution < 1.29 is 4.79 Å². The molecule has 1 atom stereocenters. The first-order valence-corrected chi connectivity index (χ1v) is 11.7. The van der Waals surface area contributed by atoms with Gasteiger partial charge in [0.2, 0.25) is 0 Å². The van der Waals surface area contributed by atoms with Crippen molar-refractivity contribution in [3.05, 3.63) is 76.2 Å². The molecule has 1 aliphatic heterocycles. The molecule has 1 fully saturated rings. The van der Waals surface area contributed by atoms with Gasteiger partial charge in [0, 0.05) is 23.7 Å². The lowest BCUT2D eigenvalue weighted by Crippen LogP contribution is -2.38. The zero-order valence-electron chi connectivity index (χ0n) is 17.3. The summed E-state index contributed by atoms with van der Waals surface area (Å²) in [5.41, 5.74) is 1.19. The second-order valence-electron chi connectivity index (χ2n) is 7.67. The van der Waals surface area contributed by atoms with Gasteiger partial charge >= 0.3 is 0 Å². The van der Waals surface area contributed by atoms with Gasteiger partial charge in [0.1, 0.15) is 0 Å². The van der Waals surface area contributed by atoms with E-state index in [0.29, 0.717) is 28.3 Å². The van der Waals surface area contributed by atoms with Gasteiger partial charge in [-0.05, 0) is 30.2 Å². The molecule has 1 saturated heterocycles. The summed E-state index contributed by atoms with van der Waals surface area (Å²) in [6, 6.07) is 17.1. The van der Waals surface area contributed by atoms with E-state index in [1.807, 2.05) is 65.2 Å². The van der Waals surface area contributed by atoms with Crippen LogP contribution in [0.25, 0.3) is 10.8 Å². The first kappa shape index (κ1) is 20.7. The zero-order chi connectivity index (χ0) is 20.9. The van der Waals surface area contributed by atoms with Crippen molar-refractivity contribution in [3.63, 3.8) is 0 Å². The van der Waals surface area contributed by atoms with Crippen LogP contribution < -0.4 is 5.56 Å². The standard InChI is InChI=1S/C24H27N3O2S/c1-2-30-19-12-8-9-15-26(17-19)24(29)22-20-13-6-7-14-21(20)23(28)27(25-22)16-18-10-4-3-5-11-18/h3-7,10-11,13-14,19H,2,8-9,12,15-17H2,1H3/t19-/m1/s1. The summed E-state index contributed by atoms with van der Waals surface area (Å²) >= 11 is 1.92. The summed E-state index contributed by atoms with van der Waals surface area (Å²) in [6.45, 7) is 3.99. The normalized spacial score (nSPS) is 17.1. The van der Waals surface area contributed by atoms with Crippen LogP contribution in [0.15, 0.2) is 59.4 Å². The molecule has 2 aromatic carbocycles. The molecule has 6 heteroatoms. The van der Waals surface area contributed by atoms with Crippen LogP contribution in [0.1, 0.15) is 42.2 Å². The lowest BCUT2D eigenvalue weighted by Gasteiger charge is -2.24. The van der Waals surface area contributed by atoms with Crippen LogP contribution in [0.4, 0.5) is 0 Å². The highest BCUT2D eigenvalue weighted by Crippen LogP contribution is 2.24. The van der Waals surface area contributed by atoms with Crippen LogP contribution in [0, 0.1) is 0 Å². The average Bonchev–Trinajstić information content (AvgIpc) is 3.02. The third kappa shape index (κ3) is 4.43. The maximum absolute atomic E-state index is 13.6. The number of hydrogen-bond acceptors (Lipinski definition) is 4. The summed E-state index contributed by atoms with van der Waals surface area (Å²) in [6.07, 6.45) is 3.29. The predicted molar refractivity (Wildman–Crippen MR) is 123 cm³/mol. The molecule has 3 aromatic rings. The highest BCUT2D eigenvalue weighted by Gasteiger charge is 2.26. The van der Waals surface area contributed by atoms with Crippen LogP contribution >= 0.6 is 11.8 Å². The topological polar surface area (TPSA) is 55.2 Å². The Balaban J connectivity index is 1.74. The summed E-state index contributed by atoms with van der Waals surface area (Å²) < 4.78 is 1.43. The van der Waals surface area contributed by atoms with E-state index in [9.17, 15) is 9.59 Å². The third-order valence-corrected chi connectivity index (χ3v) is 6.75. The molecule has 0 spiro atoms. The van der Waals surface area contributed by atoms with E-state index in [0.717, 1.165) is 43.7 Å². The van der Waals surface area contributed by atoms with Gasteiger partial charge in [-0.1, -0.05) is 61.9 Å². The van der Waals surface area contributed by atoms with Crippen molar-refractivity contribution in [1.82, 2.24) is 14.7 Å². The fraction of sp³-hybridized carbons (Fsp3) is 0.375. The smallest absolute Gasteiger partial charge is 0.274 e. The van der Waals surface area contributed by atoms with E-state index in [1.54, 1.807) is 6.07 Å². The molecule has 1 amide bonds. The van der Waals surface area contributed by atoms with E-state index in [1.165, 1.54) is 4.68 Å². The van der Waals surface area contributed by atoms with Gasteiger partial charge < -0.3 is 4.90 Å². The van der Waals surface area contributed by atoms with E-state index >= 15 is 0 Å². The molecule has 1 aromatic heterocycles. The Morgan fingerprint density at radius 3 is 2.57 bits per heavy atom. The number of aromatic nitrogens is 2. The summed E-state index contributed by atoms with van der Waals surface area (Å²) in [5, 5.41) is 6.22. The highest BCUT2D eigenvalue weighted by atomic mass is 32.2. The molecule has 30 heavy (non-hydrogen) atoms. The Hall–Kier alpha value is -2.60. The second-order valence-corrected chi connectivity index (χ2v) is 9.24. The minimum absolute atomic E-state index is 0.0726. The van der Waals surface area contributed by atoms with Gasteiger partial charge in [0.15, 0.2) is 5.69 Å². The molecule has 1 aliphatic rings. The van der Waals surface area contributed by atoms with Crippen molar-refractivity contribution in [2.45, 2.75) is 38.0 Å². The fourth-order valence-corrected chi connectivity index (χ4v) is 5.16. The number of likely N-dealkylation sites (tertiary alicyclic amines) is 1. The molecule has 156 valence electrons. The first-order valence-electron chi connectivity index (χ1n) is 10.6. The molecular weight excluding hydrogens is 394 g/mol. The van der Waals surface area contributed by atoms with E-state index in [-0.39, 0.29) is 11.5 Å². The fourth-order valence-electron chi connectivity index (χ4n) is 4.07. The molecule has 0 radical (unpaired) electrons. The van der Waals surface area contributed by atoms with Crippen molar-refractivity contribution in [1.29, 1.82) is 0 Å². The predicted octanol–water partition coefficient (Wildman–Crippen LogP) is 4.19. The van der Waals surface area contributed by atoms with Gasteiger partial charge in [-0.2, -0.15) is 16.9 Å². The van der Waals surface area contributed by atoms with E-state index < -0.39 is 0 Å². The number of nitrogens with zero attached hydrogens (tertiary/aromatic N) is 3. The number of carbonyl (C=O) groups is 1. The lowest BCUT2D eigenvalue weighted by molar-refractivity contribution is 0.0757. The molecular formula is C24H27N3O2S. The average molecular weight is 422 g/mol. The molecule has 4 rings (SSSR count). The minimum Gasteiger partial charge on any atom is -0.336 e. The molecule has 0 bridgehead atoms. The molecule has 2 heterocycles. The summed E-state index contributed by atoms with van der Waals surface area (Å²) in [7, 11) is 0. The third-order valence-electron chi connectivity index (χ3n) is 5.56. The van der Waals surface area contributed by atoms with Gasteiger partial charge in [-0.3, -0.25) is 9.59 Å². The summed E-state index contributed by atoms with van der Waals surface area (Å²) in [4.78, 5) is 28.6. The lowest BCUT2D eigenvalue weighted by atomic mass is 10.1. The largest absolute Gasteiger partial charge is 0.336 e. The maximum Gasteiger partial charge on any atom is 0.274 e. The molecule has 0 aliphatic carbocycles. The Morgan fingerprint density at radius 1 is 1.07 bits per heavy atom. The van der Waals surface area contributed by atoms with Gasteiger partial charge in [0.05, 0.1) is 11.9 Å². The SMILES string of the molecule is CCS[C@@H]1CCCCN(C(=O)c2nn(Cc3ccccc3)c(=O)c3ccccc23)C1. The number of thioether (sulfide) groups is 1. The van der Waals surface area contributed by atoms with Crippen molar-refractivity contribution in [3.8, 4) is 0 Å². The molecule has 0 unspecified atom stereocenters. The number of amides is 1. The van der Waals surface area contributed by atoms with Crippen LogP contribution in [-0.2, 0) is 6.54 Å². The van der Waals surface area contributed by atoms with Crippen LogP contribution in [0.3, 0.4) is 0 Å². The second kappa shape index (κ2) is 9.47. The van der Waals surface area contributed by atoms with Crippen LogP contribution in [-0.4, -0.2) is 44.7 Å². The van der Waals surface area contributed by atoms with Gasteiger partial charge in [0.25, 0.3) is 11.5 Å². The quantitative estimate of drug-likeness (QED) is 0.620. The van der Waals surface area contributed by atoms with Crippen molar-refractivity contribution >= 4 is 28.4 Å². The Bertz CT molecular complexity index is 1080. The molecule has 5 nitrogen and oxygen atoms in total. The van der Waals surface area contributed by atoms with Crippen molar-refractivity contribution in [2.24, 2.45) is 0 Å².